The second-order valence-electron chi connectivity index (χ2n) is 4.08. The van der Waals surface area contributed by atoms with Crippen molar-refractivity contribution in [3.05, 3.63) is 30.6 Å². The summed E-state index contributed by atoms with van der Waals surface area (Å²) in [6, 6.07) is 5.58. The normalized spacial score (nSPS) is 10.2. The van der Waals surface area contributed by atoms with Gasteiger partial charge in [0.15, 0.2) is 16.7 Å². The monoisotopic (exact) mass is 305 g/mol. The first-order valence-corrected chi connectivity index (χ1v) is 7.08. The van der Waals surface area contributed by atoms with Crippen molar-refractivity contribution in [3.8, 4) is 22.6 Å². The van der Waals surface area contributed by atoms with E-state index in [1.54, 1.807) is 26.6 Å². The second kappa shape index (κ2) is 6.94. The highest BCUT2D eigenvalue weighted by Crippen LogP contribution is 2.31. The lowest BCUT2D eigenvalue weighted by atomic mass is 10.1. The zero-order chi connectivity index (χ0) is 15.2. The summed E-state index contributed by atoms with van der Waals surface area (Å²) in [5.41, 5.74) is 6.84. The molecule has 1 aromatic heterocycles. The van der Waals surface area contributed by atoms with Crippen LogP contribution in [-0.2, 0) is 4.79 Å². The van der Waals surface area contributed by atoms with E-state index in [1.807, 2.05) is 18.2 Å². The van der Waals surface area contributed by atoms with Crippen molar-refractivity contribution in [2.75, 3.05) is 20.0 Å². The average molecular weight is 305 g/mol. The summed E-state index contributed by atoms with van der Waals surface area (Å²) in [5, 5.41) is 0.512. The summed E-state index contributed by atoms with van der Waals surface area (Å²) >= 11 is 1.20. The number of thioether (sulfide) groups is 1. The number of nitrogens with two attached hydrogens (primary N) is 1. The minimum absolute atomic E-state index is 0.162. The molecule has 0 bridgehead atoms. The number of rotatable bonds is 6. The van der Waals surface area contributed by atoms with Gasteiger partial charge in [-0.05, 0) is 17.7 Å². The highest BCUT2D eigenvalue weighted by atomic mass is 32.2. The summed E-state index contributed by atoms with van der Waals surface area (Å²) in [6.07, 6.45) is 3.38. The minimum atomic E-state index is -0.396. The van der Waals surface area contributed by atoms with Gasteiger partial charge in [-0.3, -0.25) is 4.79 Å². The Morgan fingerprint density at radius 2 is 1.81 bits per heavy atom. The van der Waals surface area contributed by atoms with Gasteiger partial charge in [-0.15, -0.1) is 0 Å². The molecule has 2 rings (SSSR count). The first-order valence-electron chi connectivity index (χ1n) is 6.09. The summed E-state index contributed by atoms with van der Waals surface area (Å²) in [6.45, 7) is 0. The number of carbonyl (C=O) groups is 1. The molecule has 2 aromatic rings. The standard InChI is InChI=1S/C14H15N3O3S/c1-19-11-4-3-9(5-12(11)20-2)10-6-16-14(17-7-10)21-8-13(15)18/h3-7H,8H2,1-2H3,(H2,15,18). The van der Waals surface area contributed by atoms with Crippen LogP contribution in [0.4, 0.5) is 0 Å². The number of primary amides is 1. The highest BCUT2D eigenvalue weighted by molar-refractivity contribution is 7.99. The number of hydrogen-bond donors (Lipinski definition) is 1. The number of carbonyl (C=O) groups excluding carboxylic acids is 1. The second-order valence-corrected chi connectivity index (χ2v) is 5.02. The molecule has 6 nitrogen and oxygen atoms in total. The molecular weight excluding hydrogens is 290 g/mol. The molecule has 7 heteroatoms. The molecule has 0 aliphatic heterocycles. The molecule has 0 aliphatic rings. The predicted octanol–water partition coefficient (Wildman–Crippen LogP) is 1.74. The summed E-state index contributed by atoms with van der Waals surface area (Å²) in [4.78, 5) is 19.1. The van der Waals surface area contributed by atoms with Crippen LogP contribution in [0.3, 0.4) is 0 Å². The van der Waals surface area contributed by atoms with E-state index in [4.69, 9.17) is 15.2 Å². The Kier molecular flexibility index (Phi) is 4.99. The Hall–Kier alpha value is -2.28. The molecule has 0 saturated carbocycles. The van der Waals surface area contributed by atoms with E-state index in [0.29, 0.717) is 16.7 Å². The van der Waals surface area contributed by atoms with Gasteiger partial charge in [-0.1, -0.05) is 17.8 Å². The quantitative estimate of drug-likeness (QED) is 0.646. The zero-order valence-corrected chi connectivity index (χ0v) is 12.5. The summed E-state index contributed by atoms with van der Waals surface area (Å²) in [7, 11) is 3.17. The van der Waals surface area contributed by atoms with E-state index in [9.17, 15) is 4.79 Å². The number of amides is 1. The smallest absolute Gasteiger partial charge is 0.227 e. The Morgan fingerprint density at radius 3 is 2.38 bits per heavy atom. The molecular formula is C14H15N3O3S. The molecule has 1 aromatic carbocycles. The van der Waals surface area contributed by atoms with Crippen molar-refractivity contribution < 1.29 is 14.3 Å². The van der Waals surface area contributed by atoms with Gasteiger partial charge < -0.3 is 15.2 Å². The van der Waals surface area contributed by atoms with Crippen LogP contribution in [0.2, 0.25) is 0 Å². The molecule has 1 heterocycles. The van der Waals surface area contributed by atoms with Gasteiger partial charge in [0.25, 0.3) is 0 Å². The van der Waals surface area contributed by atoms with Crippen LogP contribution in [0.25, 0.3) is 11.1 Å². The topological polar surface area (TPSA) is 87.3 Å². The fourth-order valence-electron chi connectivity index (χ4n) is 1.69. The van der Waals surface area contributed by atoms with Gasteiger partial charge in [0.05, 0.1) is 20.0 Å². The molecule has 0 saturated heterocycles. The number of methoxy groups -OCH3 is 2. The molecule has 110 valence electrons. The predicted molar refractivity (Wildman–Crippen MR) is 80.5 cm³/mol. The van der Waals surface area contributed by atoms with Gasteiger partial charge in [0, 0.05) is 18.0 Å². The average Bonchev–Trinajstić information content (AvgIpc) is 2.52. The van der Waals surface area contributed by atoms with E-state index >= 15 is 0 Å². The molecule has 0 atom stereocenters. The van der Waals surface area contributed by atoms with Crippen molar-refractivity contribution in [1.29, 1.82) is 0 Å². The van der Waals surface area contributed by atoms with Crippen molar-refractivity contribution in [2.45, 2.75) is 5.16 Å². The van der Waals surface area contributed by atoms with Crippen molar-refractivity contribution in [1.82, 2.24) is 9.97 Å². The summed E-state index contributed by atoms with van der Waals surface area (Å²) < 4.78 is 10.5. The van der Waals surface area contributed by atoms with Crippen molar-refractivity contribution >= 4 is 17.7 Å². The lowest BCUT2D eigenvalue weighted by molar-refractivity contribution is -0.115. The third-order valence-corrected chi connectivity index (χ3v) is 3.59. The van der Waals surface area contributed by atoms with E-state index < -0.39 is 5.91 Å². The maximum absolute atomic E-state index is 10.7. The molecule has 2 N–H and O–H groups in total. The maximum Gasteiger partial charge on any atom is 0.227 e. The minimum Gasteiger partial charge on any atom is -0.493 e. The molecule has 0 fully saturated rings. The first-order chi connectivity index (χ1) is 10.1. The number of hydrogen-bond acceptors (Lipinski definition) is 6. The van der Waals surface area contributed by atoms with Crippen LogP contribution >= 0.6 is 11.8 Å². The van der Waals surface area contributed by atoms with Crippen LogP contribution in [0, 0.1) is 0 Å². The zero-order valence-electron chi connectivity index (χ0n) is 11.7. The van der Waals surface area contributed by atoms with Gasteiger partial charge in [-0.2, -0.15) is 0 Å². The van der Waals surface area contributed by atoms with E-state index in [0.717, 1.165) is 11.1 Å². The van der Waals surface area contributed by atoms with Gasteiger partial charge in [-0.25, -0.2) is 9.97 Å². The van der Waals surface area contributed by atoms with Crippen LogP contribution in [-0.4, -0.2) is 35.8 Å². The van der Waals surface area contributed by atoms with Crippen LogP contribution < -0.4 is 15.2 Å². The Morgan fingerprint density at radius 1 is 1.14 bits per heavy atom. The molecule has 0 spiro atoms. The molecule has 0 unspecified atom stereocenters. The molecule has 0 radical (unpaired) electrons. The van der Waals surface area contributed by atoms with Crippen molar-refractivity contribution in [2.24, 2.45) is 5.73 Å². The van der Waals surface area contributed by atoms with Crippen LogP contribution in [0.5, 0.6) is 11.5 Å². The Labute approximate surface area is 126 Å². The molecule has 1 amide bonds. The fourth-order valence-corrected chi connectivity index (χ4v) is 2.22. The van der Waals surface area contributed by atoms with E-state index in [-0.39, 0.29) is 5.75 Å². The molecule has 0 aliphatic carbocycles. The third-order valence-electron chi connectivity index (χ3n) is 2.69. The summed E-state index contributed by atoms with van der Waals surface area (Å²) in [5.74, 6) is 1.07. The third kappa shape index (κ3) is 3.85. The van der Waals surface area contributed by atoms with Crippen LogP contribution in [0.15, 0.2) is 35.7 Å². The number of nitrogens with zero attached hydrogens (tertiary/aromatic N) is 2. The van der Waals surface area contributed by atoms with Crippen LogP contribution in [0.1, 0.15) is 0 Å². The maximum atomic E-state index is 10.7. The Balaban J connectivity index is 2.20. The largest absolute Gasteiger partial charge is 0.493 e. The van der Waals surface area contributed by atoms with Gasteiger partial charge in [0.2, 0.25) is 5.91 Å². The highest BCUT2D eigenvalue weighted by Gasteiger charge is 2.07. The SMILES string of the molecule is COc1ccc(-c2cnc(SCC(N)=O)nc2)cc1OC. The molecule has 21 heavy (non-hydrogen) atoms. The lowest BCUT2D eigenvalue weighted by Gasteiger charge is -2.09. The lowest BCUT2D eigenvalue weighted by Crippen LogP contribution is -2.13. The van der Waals surface area contributed by atoms with E-state index in [2.05, 4.69) is 9.97 Å². The fraction of sp³-hybridized carbons (Fsp3) is 0.214. The van der Waals surface area contributed by atoms with Gasteiger partial charge >= 0.3 is 0 Å². The number of ether oxygens (including phenoxy) is 2. The number of benzene rings is 1. The van der Waals surface area contributed by atoms with Crippen molar-refractivity contribution in [3.63, 3.8) is 0 Å². The van der Waals surface area contributed by atoms with Gasteiger partial charge in [0.1, 0.15) is 0 Å². The first kappa shape index (κ1) is 15.1. The number of aromatic nitrogens is 2. The van der Waals surface area contributed by atoms with E-state index in [1.165, 1.54) is 11.8 Å². The Bertz CT molecular complexity index is 632.